The van der Waals surface area contributed by atoms with E-state index >= 15 is 0 Å². The lowest BCUT2D eigenvalue weighted by atomic mass is 10.1. The summed E-state index contributed by atoms with van der Waals surface area (Å²) in [6.07, 6.45) is 3.58. The fraction of sp³-hybridized carbons (Fsp3) is 0.333. The molecule has 1 aliphatic heterocycles. The van der Waals surface area contributed by atoms with E-state index in [4.69, 9.17) is 28.6 Å². The van der Waals surface area contributed by atoms with Gasteiger partial charge in [0.1, 0.15) is 4.32 Å². The second-order valence-electron chi connectivity index (χ2n) is 4.73. The third-order valence-corrected chi connectivity index (χ3v) is 4.90. The van der Waals surface area contributed by atoms with Crippen molar-refractivity contribution in [2.75, 3.05) is 13.7 Å². The first-order valence-corrected chi connectivity index (χ1v) is 8.40. The normalized spacial score (nSPS) is 16.7. The second-order valence-corrected chi connectivity index (χ2v) is 6.82. The van der Waals surface area contributed by atoms with Gasteiger partial charge in [-0.2, -0.15) is 0 Å². The number of ether oxygens (including phenoxy) is 1. The van der Waals surface area contributed by atoms with Crippen LogP contribution in [0.2, 0.25) is 5.02 Å². The first kappa shape index (κ1) is 17.1. The molecule has 0 radical (unpaired) electrons. The zero-order chi connectivity index (χ0) is 16.3. The van der Waals surface area contributed by atoms with E-state index in [-0.39, 0.29) is 11.7 Å². The van der Waals surface area contributed by atoms with Gasteiger partial charge in [-0.3, -0.25) is 9.69 Å². The Bertz CT molecular complexity index is 646. The van der Waals surface area contributed by atoms with E-state index < -0.39 is 0 Å². The van der Waals surface area contributed by atoms with Gasteiger partial charge >= 0.3 is 0 Å². The molecule has 1 aromatic carbocycles. The number of nitrogens with zero attached hydrogens (tertiary/aromatic N) is 1. The van der Waals surface area contributed by atoms with E-state index in [0.29, 0.717) is 32.1 Å². The number of carbonyl (C=O) groups is 1. The quantitative estimate of drug-likeness (QED) is 0.636. The van der Waals surface area contributed by atoms with Crippen LogP contribution >= 0.6 is 35.6 Å². The molecule has 1 saturated heterocycles. The number of phenols is 1. The number of rotatable bonds is 5. The number of methoxy groups -OCH3 is 1. The number of hydrogen-bond acceptors (Lipinski definition) is 5. The smallest absolute Gasteiger partial charge is 0.266 e. The second kappa shape index (κ2) is 7.35. The van der Waals surface area contributed by atoms with Gasteiger partial charge in [0.25, 0.3) is 5.91 Å². The zero-order valence-corrected chi connectivity index (χ0v) is 14.6. The average Bonchev–Trinajstić information content (AvgIpc) is 2.74. The Morgan fingerprint density at radius 2 is 2.23 bits per heavy atom. The zero-order valence-electron chi connectivity index (χ0n) is 12.3. The van der Waals surface area contributed by atoms with Crippen LogP contribution in [0.25, 0.3) is 6.08 Å². The van der Waals surface area contributed by atoms with Gasteiger partial charge < -0.3 is 9.84 Å². The van der Waals surface area contributed by atoms with Crippen molar-refractivity contribution >= 4 is 51.9 Å². The van der Waals surface area contributed by atoms with Crippen molar-refractivity contribution in [1.82, 2.24) is 4.90 Å². The van der Waals surface area contributed by atoms with E-state index in [1.807, 2.05) is 0 Å². The summed E-state index contributed by atoms with van der Waals surface area (Å²) in [5, 5.41) is 10.0. The molecule has 22 heavy (non-hydrogen) atoms. The maximum atomic E-state index is 12.4. The van der Waals surface area contributed by atoms with Crippen molar-refractivity contribution in [2.24, 2.45) is 0 Å². The predicted octanol–water partition coefficient (Wildman–Crippen LogP) is 4.06. The van der Waals surface area contributed by atoms with Crippen molar-refractivity contribution in [3.8, 4) is 11.5 Å². The predicted molar refractivity (Wildman–Crippen MR) is 94.5 cm³/mol. The summed E-state index contributed by atoms with van der Waals surface area (Å²) >= 11 is 12.6. The fourth-order valence-electron chi connectivity index (χ4n) is 1.98. The highest BCUT2D eigenvalue weighted by atomic mass is 35.5. The first-order chi connectivity index (χ1) is 10.5. The van der Waals surface area contributed by atoms with Crippen LogP contribution in [0.4, 0.5) is 0 Å². The van der Waals surface area contributed by atoms with E-state index in [2.05, 4.69) is 6.92 Å². The van der Waals surface area contributed by atoms with Crippen molar-refractivity contribution < 1.29 is 14.6 Å². The number of phenolic OH excluding ortho intramolecular Hbond substituents is 1. The molecule has 1 aliphatic rings. The highest BCUT2D eigenvalue weighted by Gasteiger charge is 2.31. The number of amides is 1. The summed E-state index contributed by atoms with van der Waals surface area (Å²) in [5.41, 5.74) is 0.604. The summed E-state index contributed by atoms with van der Waals surface area (Å²) in [5.74, 6) is 0.156. The monoisotopic (exact) mass is 357 g/mol. The van der Waals surface area contributed by atoms with Crippen LogP contribution in [0, 0.1) is 0 Å². The van der Waals surface area contributed by atoms with E-state index in [1.165, 1.54) is 24.9 Å². The summed E-state index contributed by atoms with van der Waals surface area (Å²) in [6, 6.07) is 2.99. The molecule has 4 nitrogen and oxygen atoms in total. The van der Waals surface area contributed by atoms with Gasteiger partial charge in [0.05, 0.1) is 17.0 Å². The van der Waals surface area contributed by atoms with Gasteiger partial charge in [-0.25, -0.2) is 0 Å². The third kappa shape index (κ3) is 3.56. The van der Waals surface area contributed by atoms with Gasteiger partial charge in [-0.05, 0) is 24.1 Å². The topological polar surface area (TPSA) is 49.8 Å². The molecular formula is C15H16ClNO3S2. The van der Waals surface area contributed by atoms with Crippen molar-refractivity contribution in [3.63, 3.8) is 0 Å². The van der Waals surface area contributed by atoms with Crippen LogP contribution in [0.5, 0.6) is 11.5 Å². The molecule has 0 spiro atoms. The minimum absolute atomic E-state index is 0.0415. The Hall–Kier alpha value is -1.24. The summed E-state index contributed by atoms with van der Waals surface area (Å²) in [4.78, 5) is 14.5. The minimum atomic E-state index is -0.105. The summed E-state index contributed by atoms with van der Waals surface area (Å²) in [6.45, 7) is 2.70. The lowest BCUT2D eigenvalue weighted by Gasteiger charge is -2.13. The molecule has 1 N–H and O–H groups in total. The molecule has 0 bridgehead atoms. The van der Waals surface area contributed by atoms with Gasteiger partial charge in [0, 0.05) is 12.6 Å². The highest BCUT2D eigenvalue weighted by molar-refractivity contribution is 8.26. The average molecular weight is 358 g/mol. The molecule has 0 aliphatic carbocycles. The van der Waals surface area contributed by atoms with Crippen molar-refractivity contribution in [1.29, 1.82) is 0 Å². The van der Waals surface area contributed by atoms with Crippen molar-refractivity contribution in [3.05, 3.63) is 27.6 Å². The molecule has 1 fully saturated rings. The maximum absolute atomic E-state index is 12.4. The number of halogens is 1. The van der Waals surface area contributed by atoms with Crippen LogP contribution < -0.4 is 4.74 Å². The molecule has 0 aromatic heterocycles. The van der Waals surface area contributed by atoms with E-state index in [9.17, 15) is 9.90 Å². The number of carbonyl (C=O) groups excluding carboxylic acids is 1. The molecular weight excluding hydrogens is 342 g/mol. The highest BCUT2D eigenvalue weighted by Crippen LogP contribution is 2.37. The fourth-order valence-corrected chi connectivity index (χ4v) is 3.49. The minimum Gasteiger partial charge on any atom is -0.504 e. The Morgan fingerprint density at radius 1 is 1.50 bits per heavy atom. The number of benzene rings is 1. The number of unbranched alkanes of at least 4 members (excludes halogenated alkanes) is 1. The van der Waals surface area contributed by atoms with Crippen LogP contribution in [-0.4, -0.2) is 33.9 Å². The molecule has 0 atom stereocenters. The van der Waals surface area contributed by atoms with Crippen molar-refractivity contribution in [2.45, 2.75) is 19.8 Å². The molecule has 0 unspecified atom stereocenters. The van der Waals surface area contributed by atoms with E-state index in [0.717, 1.165) is 12.8 Å². The number of aromatic hydroxyl groups is 1. The van der Waals surface area contributed by atoms with Gasteiger partial charge in [-0.1, -0.05) is 48.9 Å². The largest absolute Gasteiger partial charge is 0.504 e. The Balaban J connectivity index is 2.30. The Kier molecular flexibility index (Phi) is 5.72. The van der Waals surface area contributed by atoms with E-state index in [1.54, 1.807) is 17.0 Å². The molecule has 7 heteroatoms. The molecule has 1 heterocycles. The molecule has 2 rings (SSSR count). The van der Waals surface area contributed by atoms with Crippen LogP contribution in [0.3, 0.4) is 0 Å². The number of thioether (sulfide) groups is 1. The Morgan fingerprint density at radius 3 is 2.86 bits per heavy atom. The SMILES string of the molecule is CCCCN1C(=O)/C(=C/c2cc(OC)c(O)cc2Cl)SC1=S. The lowest BCUT2D eigenvalue weighted by molar-refractivity contribution is -0.122. The number of thiocarbonyl (C=S) groups is 1. The molecule has 0 saturated carbocycles. The van der Waals surface area contributed by atoms with Gasteiger partial charge in [0.2, 0.25) is 0 Å². The summed E-state index contributed by atoms with van der Waals surface area (Å²) in [7, 11) is 1.46. The number of hydrogen-bond donors (Lipinski definition) is 1. The molecule has 118 valence electrons. The Labute approximate surface area is 144 Å². The van der Waals surface area contributed by atoms with Gasteiger partial charge in [0.15, 0.2) is 11.5 Å². The standard InChI is InChI=1S/C15H16ClNO3S2/c1-3-4-5-17-14(19)13(22-15(17)21)7-9-6-12(20-2)11(18)8-10(9)16/h6-8,18H,3-5H2,1-2H3/b13-7-. The molecule has 1 amide bonds. The van der Waals surface area contributed by atoms with Crippen LogP contribution in [-0.2, 0) is 4.79 Å². The van der Waals surface area contributed by atoms with Crippen LogP contribution in [0.1, 0.15) is 25.3 Å². The third-order valence-electron chi connectivity index (χ3n) is 3.19. The molecule has 1 aromatic rings. The van der Waals surface area contributed by atoms with Gasteiger partial charge in [-0.15, -0.1) is 0 Å². The maximum Gasteiger partial charge on any atom is 0.266 e. The summed E-state index contributed by atoms with van der Waals surface area (Å²) < 4.78 is 5.62. The van der Waals surface area contributed by atoms with Crippen LogP contribution in [0.15, 0.2) is 17.0 Å². The lowest BCUT2D eigenvalue weighted by Crippen LogP contribution is -2.28. The first-order valence-electron chi connectivity index (χ1n) is 6.79.